The number of H-pyrrole nitrogens is 1. The molecule has 0 bridgehead atoms. The maximum absolute atomic E-state index is 12.8. The van der Waals surface area contributed by atoms with Crippen molar-refractivity contribution in [1.82, 2.24) is 24.9 Å². The second kappa shape index (κ2) is 6.24. The van der Waals surface area contributed by atoms with Crippen molar-refractivity contribution in [3.05, 3.63) is 47.2 Å². The monoisotopic (exact) mass is 341 g/mol. The third-order valence-electron chi connectivity index (χ3n) is 4.37. The van der Waals surface area contributed by atoms with E-state index in [1.54, 1.807) is 11.3 Å². The van der Waals surface area contributed by atoms with E-state index in [0.29, 0.717) is 12.2 Å². The molecule has 1 atom stereocenters. The summed E-state index contributed by atoms with van der Waals surface area (Å²) < 4.78 is 1.98. The van der Waals surface area contributed by atoms with Gasteiger partial charge in [0.05, 0.1) is 22.8 Å². The largest absolute Gasteiger partial charge is 0.335 e. The van der Waals surface area contributed by atoms with Gasteiger partial charge in [-0.15, -0.1) is 11.3 Å². The molecule has 7 heteroatoms. The number of amides is 1. The second-order valence-electron chi connectivity index (χ2n) is 6.19. The topological polar surface area (TPSA) is 66.8 Å². The predicted octanol–water partition coefficient (Wildman–Crippen LogP) is 3.12. The van der Waals surface area contributed by atoms with Gasteiger partial charge in [0.1, 0.15) is 0 Å². The minimum absolute atomic E-state index is 0.0114. The average molecular weight is 341 g/mol. The second-order valence-corrected chi connectivity index (χ2v) is 7.14. The van der Waals surface area contributed by atoms with E-state index < -0.39 is 0 Å². The van der Waals surface area contributed by atoms with Crippen LogP contribution in [0.15, 0.2) is 36.0 Å². The van der Waals surface area contributed by atoms with Gasteiger partial charge in [-0.05, 0) is 42.8 Å². The van der Waals surface area contributed by atoms with Gasteiger partial charge in [-0.3, -0.25) is 14.6 Å². The van der Waals surface area contributed by atoms with E-state index in [9.17, 15) is 4.79 Å². The Bertz CT molecular complexity index is 835. The zero-order valence-electron chi connectivity index (χ0n) is 13.5. The molecule has 0 aliphatic carbocycles. The molecular weight excluding hydrogens is 322 g/mol. The van der Waals surface area contributed by atoms with Crippen LogP contribution < -0.4 is 0 Å². The fraction of sp³-hybridized carbons (Fsp3) is 0.353. The SMILES string of the molecule is Cc1cnn([C@@H]2CCCN(C(=O)c3cc(-c4cccs4)[nH]n3)C2)c1. The maximum Gasteiger partial charge on any atom is 0.274 e. The lowest BCUT2D eigenvalue weighted by molar-refractivity contribution is 0.0667. The number of rotatable bonds is 3. The number of aromatic nitrogens is 4. The van der Waals surface area contributed by atoms with Gasteiger partial charge in [0.2, 0.25) is 0 Å². The smallest absolute Gasteiger partial charge is 0.274 e. The molecule has 0 saturated carbocycles. The Morgan fingerprint density at radius 3 is 3.12 bits per heavy atom. The molecule has 24 heavy (non-hydrogen) atoms. The number of likely N-dealkylation sites (tertiary alicyclic amines) is 1. The van der Waals surface area contributed by atoms with E-state index in [-0.39, 0.29) is 11.9 Å². The van der Waals surface area contributed by atoms with E-state index in [1.807, 2.05) is 52.5 Å². The highest BCUT2D eigenvalue weighted by Crippen LogP contribution is 2.25. The van der Waals surface area contributed by atoms with Crippen LogP contribution in [0.1, 0.15) is 34.9 Å². The summed E-state index contributed by atoms with van der Waals surface area (Å²) in [4.78, 5) is 15.8. The molecule has 0 aromatic carbocycles. The number of thiophene rings is 1. The lowest BCUT2D eigenvalue weighted by Gasteiger charge is -2.32. The van der Waals surface area contributed by atoms with Crippen molar-refractivity contribution >= 4 is 17.2 Å². The van der Waals surface area contributed by atoms with Crippen LogP contribution in [-0.4, -0.2) is 43.9 Å². The molecule has 0 spiro atoms. The highest BCUT2D eigenvalue weighted by Gasteiger charge is 2.27. The molecule has 1 N–H and O–H groups in total. The molecule has 124 valence electrons. The van der Waals surface area contributed by atoms with Crippen LogP contribution in [0.3, 0.4) is 0 Å². The Kier molecular flexibility index (Phi) is 3.93. The first-order valence-electron chi connectivity index (χ1n) is 8.10. The molecule has 3 aromatic heterocycles. The minimum Gasteiger partial charge on any atom is -0.335 e. The van der Waals surface area contributed by atoms with Gasteiger partial charge in [0.15, 0.2) is 5.69 Å². The number of hydrogen-bond acceptors (Lipinski definition) is 4. The van der Waals surface area contributed by atoms with Gasteiger partial charge >= 0.3 is 0 Å². The standard InChI is InChI=1S/C17H19N5OS/c1-12-9-18-22(10-12)13-4-2-6-21(11-13)17(23)15-8-14(19-20-15)16-5-3-7-24-16/h3,5,7-10,13H,2,4,6,11H2,1H3,(H,19,20)/t13-/m1/s1. The van der Waals surface area contributed by atoms with Gasteiger partial charge in [0, 0.05) is 19.3 Å². The molecule has 1 saturated heterocycles. The van der Waals surface area contributed by atoms with Crippen LogP contribution in [-0.2, 0) is 0 Å². The van der Waals surface area contributed by atoms with Gasteiger partial charge in [-0.25, -0.2) is 0 Å². The molecule has 1 aliphatic heterocycles. The van der Waals surface area contributed by atoms with E-state index >= 15 is 0 Å². The first-order valence-corrected chi connectivity index (χ1v) is 8.98. The Labute approximate surface area is 144 Å². The zero-order chi connectivity index (χ0) is 16.5. The summed E-state index contributed by atoms with van der Waals surface area (Å²) in [5, 5.41) is 13.6. The molecule has 4 heterocycles. The highest BCUT2D eigenvalue weighted by molar-refractivity contribution is 7.13. The Morgan fingerprint density at radius 2 is 2.38 bits per heavy atom. The summed E-state index contributed by atoms with van der Waals surface area (Å²) in [5.74, 6) is -0.0114. The van der Waals surface area contributed by atoms with Crippen molar-refractivity contribution in [1.29, 1.82) is 0 Å². The summed E-state index contributed by atoms with van der Waals surface area (Å²) in [7, 11) is 0. The normalized spacial score (nSPS) is 18.0. The van der Waals surface area contributed by atoms with Gasteiger partial charge in [0.25, 0.3) is 5.91 Å². The number of hydrogen-bond donors (Lipinski definition) is 1. The number of piperidine rings is 1. The first kappa shape index (κ1) is 15.1. The molecule has 4 rings (SSSR count). The first-order chi connectivity index (χ1) is 11.7. The van der Waals surface area contributed by atoms with Crippen molar-refractivity contribution in [2.75, 3.05) is 13.1 Å². The molecule has 6 nitrogen and oxygen atoms in total. The summed E-state index contributed by atoms with van der Waals surface area (Å²) in [5.41, 5.74) is 2.52. The minimum atomic E-state index is -0.0114. The van der Waals surface area contributed by atoms with Crippen LogP contribution in [0.2, 0.25) is 0 Å². The fourth-order valence-corrected chi connectivity index (χ4v) is 3.83. The Hall–Kier alpha value is -2.41. The predicted molar refractivity (Wildman–Crippen MR) is 93.0 cm³/mol. The average Bonchev–Trinajstić information content (AvgIpc) is 3.34. The third-order valence-corrected chi connectivity index (χ3v) is 5.28. The van der Waals surface area contributed by atoms with Gasteiger partial charge in [-0.1, -0.05) is 6.07 Å². The van der Waals surface area contributed by atoms with Crippen LogP contribution in [0.5, 0.6) is 0 Å². The highest BCUT2D eigenvalue weighted by atomic mass is 32.1. The van der Waals surface area contributed by atoms with Gasteiger partial charge < -0.3 is 4.90 Å². The Balaban J connectivity index is 1.50. The molecule has 1 aliphatic rings. The van der Waals surface area contributed by atoms with Crippen LogP contribution in [0.4, 0.5) is 0 Å². The van der Waals surface area contributed by atoms with Crippen molar-refractivity contribution in [2.24, 2.45) is 0 Å². The fourth-order valence-electron chi connectivity index (χ4n) is 3.14. The van der Waals surface area contributed by atoms with E-state index in [4.69, 9.17) is 0 Å². The number of nitrogens with zero attached hydrogens (tertiary/aromatic N) is 4. The quantitative estimate of drug-likeness (QED) is 0.796. The molecule has 0 radical (unpaired) electrons. The van der Waals surface area contributed by atoms with Crippen molar-refractivity contribution in [2.45, 2.75) is 25.8 Å². The lowest BCUT2D eigenvalue weighted by Crippen LogP contribution is -2.41. The van der Waals surface area contributed by atoms with E-state index in [0.717, 1.165) is 35.5 Å². The molecular formula is C17H19N5OS. The summed E-state index contributed by atoms with van der Waals surface area (Å²) in [6, 6.07) is 6.09. The number of aryl methyl sites for hydroxylation is 1. The molecule has 1 fully saturated rings. The number of carbonyl (C=O) groups excluding carboxylic acids is 1. The summed E-state index contributed by atoms with van der Waals surface area (Å²) in [6.45, 7) is 3.49. The van der Waals surface area contributed by atoms with Gasteiger partial charge in [-0.2, -0.15) is 10.2 Å². The van der Waals surface area contributed by atoms with Crippen LogP contribution >= 0.6 is 11.3 Å². The lowest BCUT2D eigenvalue weighted by atomic mass is 10.1. The number of nitrogens with one attached hydrogen (secondary N) is 1. The van der Waals surface area contributed by atoms with Crippen LogP contribution in [0, 0.1) is 6.92 Å². The number of carbonyl (C=O) groups is 1. The van der Waals surface area contributed by atoms with Crippen molar-refractivity contribution in [3.8, 4) is 10.6 Å². The maximum atomic E-state index is 12.8. The molecule has 1 amide bonds. The third kappa shape index (κ3) is 2.87. The zero-order valence-corrected chi connectivity index (χ0v) is 14.3. The van der Waals surface area contributed by atoms with Crippen molar-refractivity contribution in [3.63, 3.8) is 0 Å². The van der Waals surface area contributed by atoms with E-state index in [1.165, 1.54) is 0 Å². The number of aromatic amines is 1. The van der Waals surface area contributed by atoms with Crippen molar-refractivity contribution < 1.29 is 4.79 Å². The molecule has 0 unspecified atom stereocenters. The molecule has 3 aromatic rings. The van der Waals surface area contributed by atoms with Crippen LogP contribution in [0.25, 0.3) is 10.6 Å². The Morgan fingerprint density at radius 1 is 1.46 bits per heavy atom. The summed E-state index contributed by atoms with van der Waals surface area (Å²) in [6.07, 6.45) is 5.94. The van der Waals surface area contributed by atoms with E-state index in [2.05, 4.69) is 15.3 Å². The summed E-state index contributed by atoms with van der Waals surface area (Å²) >= 11 is 1.63.